The van der Waals surface area contributed by atoms with Crippen molar-refractivity contribution in [3.63, 3.8) is 0 Å². The summed E-state index contributed by atoms with van der Waals surface area (Å²) < 4.78 is 50.6. The predicted molar refractivity (Wildman–Crippen MR) is 142 cm³/mol. The van der Waals surface area contributed by atoms with Gasteiger partial charge in [0, 0.05) is 43.4 Å². The Morgan fingerprint density at radius 2 is 1.80 bits per heavy atom. The number of aromatic nitrogens is 3. The number of carbonyl (C=O) groups excluding carboxylic acids is 2. The number of aliphatic hydroxyl groups is 1. The van der Waals surface area contributed by atoms with Crippen LogP contribution in [0.3, 0.4) is 0 Å². The molecular weight excluding hydrogens is 545 g/mol. The summed E-state index contributed by atoms with van der Waals surface area (Å²) in [5.41, 5.74) is -2.96. The molecule has 0 saturated carbocycles. The van der Waals surface area contributed by atoms with E-state index in [4.69, 9.17) is 9.47 Å². The van der Waals surface area contributed by atoms with E-state index in [1.165, 1.54) is 12.3 Å². The zero-order chi connectivity index (χ0) is 30.4. The van der Waals surface area contributed by atoms with E-state index >= 15 is 0 Å². The molecule has 14 heteroatoms. The Balaban J connectivity index is 1.88. The highest BCUT2D eigenvalue weighted by molar-refractivity contribution is 5.73. The third-order valence-electron chi connectivity index (χ3n) is 6.32. The first-order valence-electron chi connectivity index (χ1n) is 13.3. The van der Waals surface area contributed by atoms with Gasteiger partial charge in [-0.1, -0.05) is 6.07 Å². The number of pyridine rings is 1. The molecule has 226 valence electrons. The van der Waals surface area contributed by atoms with Crippen LogP contribution in [0, 0.1) is 6.92 Å². The van der Waals surface area contributed by atoms with Crippen LogP contribution in [0.15, 0.2) is 24.4 Å². The topological polar surface area (TPSA) is 139 Å². The van der Waals surface area contributed by atoms with Gasteiger partial charge < -0.3 is 30.1 Å². The maximum absolute atomic E-state index is 13.2. The second-order valence-electron chi connectivity index (χ2n) is 10.8. The molecule has 1 aliphatic rings. The molecule has 1 atom stereocenters. The Labute approximate surface area is 236 Å². The molecule has 2 aromatic rings. The van der Waals surface area contributed by atoms with Gasteiger partial charge in [-0.25, -0.2) is 24.5 Å². The van der Waals surface area contributed by atoms with Crippen molar-refractivity contribution in [1.82, 2.24) is 30.5 Å². The molecule has 1 fully saturated rings. The van der Waals surface area contributed by atoms with Crippen molar-refractivity contribution < 1.29 is 37.3 Å². The lowest BCUT2D eigenvalue weighted by Crippen LogP contribution is -2.49. The number of likely N-dealkylation sites (tertiary alicyclic amines) is 1. The van der Waals surface area contributed by atoms with Gasteiger partial charge >= 0.3 is 18.3 Å². The SMILES string of the molecule is CCNC(=O)NCC(O)(COc1cccc(C(F)(F)F)n1)c1cnc(C)nc1C1CCN(C(=O)OC(C)(C)C)CC1. The number of amides is 3. The molecule has 0 aliphatic carbocycles. The fourth-order valence-corrected chi connectivity index (χ4v) is 4.34. The van der Waals surface area contributed by atoms with E-state index in [-0.39, 0.29) is 23.9 Å². The summed E-state index contributed by atoms with van der Waals surface area (Å²) in [7, 11) is 0. The molecule has 0 spiro atoms. The van der Waals surface area contributed by atoms with Crippen LogP contribution >= 0.6 is 0 Å². The third-order valence-corrected chi connectivity index (χ3v) is 6.32. The maximum atomic E-state index is 13.2. The molecule has 1 aliphatic heterocycles. The van der Waals surface area contributed by atoms with E-state index in [0.29, 0.717) is 44.0 Å². The number of piperidine rings is 1. The second kappa shape index (κ2) is 12.9. The largest absolute Gasteiger partial charge is 0.474 e. The quantitative estimate of drug-likeness (QED) is 0.426. The van der Waals surface area contributed by atoms with Crippen LogP contribution in [-0.4, -0.2) is 75.5 Å². The lowest BCUT2D eigenvalue weighted by atomic mass is 9.85. The van der Waals surface area contributed by atoms with Gasteiger partial charge in [-0.15, -0.1) is 0 Å². The standard InChI is InChI=1S/C27H37F3N6O5/c1-6-31-23(37)33-15-26(39,16-40-21-9-7-8-20(35-21)27(28,29)30)19-14-32-17(2)34-22(19)18-10-12-36(13-11-18)24(38)41-25(3,4)5/h7-9,14,18,39H,6,10-13,15-16H2,1-5H3,(H2,31,33,37). The number of nitrogens with one attached hydrogen (secondary N) is 2. The highest BCUT2D eigenvalue weighted by Crippen LogP contribution is 2.35. The zero-order valence-electron chi connectivity index (χ0n) is 23.8. The minimum Gasteiger partial charge on any atom is -0.474 e. The van der Waals surface area contributed by atoms with Gasteiger partial charge in [-0.2, -0.15) is 13.2 Å². The first-order valence-corrected chi connectivity index (χ1v) is 13.3. The van der Waals surface area contributed by atoms with Crippen molar-refractivity contribution in [2.75, 3.05) is 32.8 Å². The van der Waals surface area contributed by atoms with Crippen LogP contribution in [0.4, 0.5) is 22.8 Å². The van der Waals surface area contributed by atoms with Crippen molar-refractivity contribution in [2.24, 2.45) is 0 Å². The molecule has 3 amide bonds. The number of urea groups is 1. The molecule has 2 aromatic heterocycles. The average Bonchev–Trinajstić information content (AvgIpc) is 2.90. The number of rotatable bonds is 8. The molecule has 0 radical (unpaired) electrons. The summed E-state index contributed by atoms with van der Waals surface area (Å²) in [5, 5.41) is 17.0. The van der Waals surface area contributed by atoms with Crippen LogP contribution in [0.2, 0.25) is 0 Å². The Morgan fingerprint density at radius 3 is 2.41 bits per heavy atom. The van der Waals surface area contributed by atoms with Gasteiger partial charge in [0.2, 0.25) is 5.88 Å². The number of carbonyl (C=O) groups is 2. The summed E-state index contributed by atoms with van der Waals surface area (Å²) in [5.74, 6) is -0.0950. The lowest BCUT2D eigenvalue weighted by Gasteiger charge is -2.36. The van der Waals surface area contributed by atoms with E-state index in [1.54, 1.807) is 39.5 Å². The Hall–Kier alpha value is -3.68. The van der Waals surface area contributed by atoms with Gasteiger partial charge in [-0.3, -0.25) is 0 Å². The average molecular weight is 583 g/mol. The van der Waals surface area contributed by atoms with Crippen LogP contribution < -0.4 is 15.4 Å². The minimum absolute atomic E-state index is 0.187. The zero-order valence-corrected chi connectivity index (χ0v) is 23.8. The molecule has 0 bridgehead atoms. The Morgan fingerprint density at radius 1 is 1.12 bits per heavy atom. The number of alkyl halides is 3. The molecule has 1 unspecified atom stereocenters. The number of hydrogen-bond acceptors (Lipinski definition) is 8. The van der Waals surface area contributed by atoms with Crippen molar-refractivity contribution in [3.8, 4) is 5.88 Å². The van der Waals surface area contributed by atoms with Gasteiger partial charge in [0.15, 0.2) is 0 Å². The van der Waals surface area contributed by atoms with Crippen molar-refractivity contribution in [1.29, 1.82) is 0 Å². The fourth-order valence-electron chi connectivity index (χ4n) is 4.34. The van der Waals surface area contributed by atoms with Gasteiger partial charge in [0.1, 0.15) is 29.3 Å². The number of halogens is 3. The van der Waals surface area contributed by atoms with Crippen molar-refractivity contribution >= 4 is 12.1 Å². The summed E-state index contributed by atoms with van der Waals surface area (Å²) in [6.45, 7) is 9.01. The highest BCUT2D eigenvalue weighted by atomic mass is 19.4. The molecule has 3 rings (SSSR count). The number of aryl methyl sites for hydroxylation is 1. The maximum Gasteiger partial charge on any atom is 0.433 e. The van der Waals surface area contributed by atoms with Crippen molar-refractivity contribution in [2.45, 2.75) is 70.8 Å². The number of ether oxygens (including phenoxy) is 2. The van der Waals surface area contributed by atoms with Gasteiger partial charge in [0.05, 0.1) is 12.2 Å². The summed E-state index contributed by atoms with van der Waals surface area (Å²) in [6, 6.07) is 2.65. The van der Waals surface area contributed by atoms with E-state index in [0.717, 1.165) is 12.1 Å². The second-order valence-corrected chi connectivity index (χ2v) is 10.8. The van der Waals surface area contributed by atoms with E-state index in [1.807, 2.05) is 0 Å². The summed E-state index contributed by atoms with van der Waals surface area (Å²) in [4.78, 5) is 38.7. The molecule has 11 nitrogen and oxygen atoms in total. The first-order chi connectivity index (χ1) is 19.1. The molecule has 0 aromatic carbocycles. The summed E-state index contributed by atoms with van der Waals surface area (Å²) in [6.07, 6.45) is -2.64. The molecule has 1 saturated heterocycles. The summed E-state index contributed by atoms with van der Waals surface area (Å²) >= 11 is 0. The minimum atomic E-state index is -4.68. The smallest absolute Gasteiger partial charge is 0.433 e. The third kappa shape index (κ3) is 8.90. The molecule has 3 heterocycles. The molecular formula is C27H37F3N6O5. The van der Waals surface area contributed by atoms with Crippen molar-refractivity contribution in [3.05, 3.63) is 47.2 Å². The number of nitrogens with zero attached hydrogens (tertiary/aromatic N) is 4. The fraction of sp³-hybridized carbons (Fsp3) is 0.593. The molecule has 41 heavy (non-hydrogen) atoms. The monoisotopic (exact) mass is 582 g/mol. The normalized spacial score (nSPS) is 16.1. The Bertz CT molecular complexity index is 1210. The number of hydrogen-bond donors (Lipinski definition) is 3. The van der Waals surface area contributed by atoms with E-state index < -0.39 is 41.8 Å². The van der Waals surface area contributed by atoms with E-state index in [2.05, 4.69) is 25.6 Å². The van der Waals surface area contributed by atoms with Crippen LogP contribution in [0.1, 0.15) is 69.2 Å². The first kappa shape index (κ1) is 31.8. The van der Waals surface area contributed by atoms with Crippen LogP contribution in [0.25, 0.3) is 0 Å². The lowest BCUT2D eigenvalue weighted by molar-refractivity contribution is -0.141. The Kier molecular flexibility index (Phi) is 10.0. The van der Waals surface area contributed by atoms with E-state index in [9.17, 15) is 27.9 Å². The highest BCUT2D eigenvalue weighted by Gasteiger charge is 2.39. The predicted octanol–water partition coefficient (Wildman–Crippen LogP) is 3.90. The molecule has 3 N–H and O–H groups in total. The van der Waals surface area contributed by atoms with Crippen LogP contribution in [-0.2, 0) is 16.5 Å². The van der Waals surface area contributed by atoms with Gasteiger partial charge in [-0.05, 0) is 53.5 Å². The van der Waals surface area contributed by atoms with Crippen LogP contribution in [0.5, 0.6) is 5.88 Å². The van der Waals surface area contributed by atoms with Gasteiger partial charge in [0.25, 0.3) is 0 Å².